The smallest absolute Gasteiger partial charge is 0.352 e. The van der Waals surface area contributed by atoms with Crippen molar-refractivity contribution < 1.29 is 9.90 Å². The first-order chi connectivity index (χ1) is 5.84. The van der Waals surface area contributed by atoms with Crippen molar-refractivity contribution in [3.63, 3.8) is 0 Å². The molecule has 1 aromatic rings. The zero-order chi connectivity index (χ0) is 10.2. The minimum Gasteiger partial charge on any atom is -0.477 e. The van der Waals surface area contributed by atoms with Gasteiger partial charge < -0.3 is 9.67 Å². The van der Waals surface area contributed by atoms with Gasteiger partial charge in [-0.1, -0.05) is 20.8 Å². The molecule has 0 saturated heterocycles. The van der Waals surface area contributed by atoms with Gasteiger partial charge in [-0.05, 0) is 12.1 Å². The molecule has 0 aliphatic heterocycles. The topological polar surface area (TPSA) is 42.2 Å². The number of aromatic nitrogens is 1. The quantitative estimate of drug-likeness (QED) is 0.720. The fourth-order valence-corrected chi connectivity index (χ4v) is 1.48. The van der Waals surface area contributed by atoms with E-state index in [1.807, 2.05) is 6.07 Å². The highest BCUT2D eigenvalue weighted by atomic mass is 16.4. The van der Waals surface area contributed by atoms with Gasteiger partial charge in [0.1, 0.15) is 5.69 Å². The SMILES string of the molecule is Cn1c(C(=O)O)ccc1C(C)(C)C. The predicted octanol–water partition coefficient (Wildman–Crippen LogP) is 2.02. The van der Waals surface area contributed by atoms with Crippen LogP contribution in [0.25, 0.3) is 0 Å². The van der Waals surface area contributed by atoms with Gasteiger partial charge in [0.15, 0.2) is 0 Å². The summed E-state index contributed by atoms with van der Waals surface area (Å²) in [6.07, 6.45) is 0. The van der Waals surface area contributed by atoms with Crippen molar-refractivity contribution in [2.75, 3.05) is 0 Å². The fourth-order valence-electron chi connectivity index (χ4n) is 1.48. The zero-order valence-corrected chi connectivity index (χ0v) is 8.46. The fraction of sp³-hybridized carbons (Fsp3) is 0.500. The van der Waals surface area contributed by atoms with Crippen LogP contribution in [0.2, 0.25) is 0 Å². The lowest BCUT2D eigenvalue weighted by molar-refractivity contribution is 0.0686. The summed E-state index contributed by atoms with van der Waals surface area (Å²) in [5.74, 6) is -0.877. The highest BCUT2D eigenvalue weighted by molar-refractivity contribution is 5.86. The molecule has 0 radical (unpaired) electrons. The molecule has 0 unspecified atom stereocenters. The molecule has 3 nitrogen and oxygen atoms in total. The first-order valence-electron chi connectivity index (χ1n) is 4.23. The molecule has 1 aromatic heterocycles. The summed E-state index contributed by atoms with van der Waals surface area (Å²) in [7, 11) is 1.78. The first kappa shape index (κ1) is 9.84. The van der Waals surface area contributed by atoms with Gasteiger partial charge in [0.2, 0.25) is 0 Å². The molecule has 0 saturated carbocycles. The van der Waals surface area contributed by atoms with E-state index in [2.05, 4.69) is 20.8 Å². The number of rotatable bonds is 1. The van der Waals surface area contributed by atoms with Gasteiger partial charge in [-0.25, -0.2) is 4.79 Å². The molecule has 0 fully saturated rings. The first-order valence-corrected chi connectivity index (χ1v) is 4.23. The van der Waals surface area contributed by atoms with Crippen LogP contribution in [0.3, 0.4) is 0 Å². The number of carboxylic acid groups (broad SMARTS) is 1. The van der Waals surface area contributed by atoms with Crippen LogP contribution in [0.1, 0.15) is 37.0 Å². The number of hydrogen-bond acceptors (Lipinski definition) is 1. The lowest BCUT2D eigenvalue weighted by Crippen LogP contribution is -2.17. The number of hydrogen-bond donors (Lipinski definition) is 1. The highest BCUT2D eigenvalue weighted by Gasteiger charge is 2.20. The third-order valence-corrected chi connectivity index (χ3v) is 2.11. The average Bonchev–Trinajstić information content (AvgIpc) is 2.28. The second-order valence-electron chi connectivity index (χ2n) is 4.22. The normalized spacial score (nSPS) is 11.7. The molecule has 0 atom stereocenters. The minimum absolute atomic E-state index is 0.0115. The summed E-state index contributed by atoms with van der Waals surface area (Å²) in [6, 6.07) is 3.51. The van der Waals surface area contributed by atoms with Crippen LogP contribution in [-0.2, 0) is 12.5 Å². The molecular weight excluding hydrogens is 166 g/mol. The van der Waals surface area contributed by atoms with E-state index in [4.69, 9.17) is 5.11 Å². The van der Waals surface area contributed by atoms with Gasteiger partial charge in [-0.15, -0.1) is 0 Å². The Bertz CT molecular complexity index is 331. The van der Waals surface area contributed by atoms with Crippen LogP contribution >= 0.6 is 0 Å². The van der Waals surface area contributed by atoms with E-state index in [1.54, 1.807) is 17.7 Å². The van der Waals surface area contributed by atoms with E-state index < -0.39 is 5.97 Å². The van der Waals surface area contributed by atoms with Crippen molar-refractivity contribution >= 4 is 5.97 Å². The maximum atomic E-state index is 10.7. The van der Waals surface area contributed by atoms with Crippen LogP contribution in [-0.4, -0.2) is 15.6 Å². The Morgan fingerprint density at radius 2 is 1.92 bits per heavy atom. The van der Waals surface area contributed by atoms with Crippen molar-refractivity contribution in [2.45, 2.75) is 26.2 Å². The molecule has 1 rings (SSSR count). The Balaban J connectivity index is 3.22. The number of nitrogens with zero attached hydrogens (tertiary/aromatic N) is 1. The Hall–Kier alpha value is -1.25. The predicted molar refractivity (Wildman–Crippen MR) is 51.1 cm³/mol. The van der Waals surface area contributed by atoms with Crippen molar-refractivity contribution in [3.05, 3.63) is 23.5 Å². The summed E-state index contributed by atoms with van der Waals surface area (Å²) in [4.78, 5) is 10.7. The largest absolute Gasteiger partial charge is 0.477 e. The van der Waals surface area contributed by atoms with Gasteiger partial charge in [0.25, 0.3) is 0 Å². The molecule has 3 heteroatoms. The van der Waals surface area contributed by atoms with Crippen LogP contribution < -0.4 is 0 Å². The van der Waals surface area contributed by atoms with Crippen LogP contribution in [0.15, 0.2) is 12.1 Å². The Morgan fingerprint density at radius 3 is 2.15 bits per heavy atom. The highest BCUT2D eigenvalue weighted by Crippen LogP contribution is 2.23. The zero-order valence-electron chi connectivity index (χ0n) is 8.46. The summed E-state index contributed by atoms with van der Waals surface area (Å²) < 4.78 is 1.72. The molecule has 1 N–H and O–H groups in total. The molecule has 0 aliphatic carbocycles. The van der Waals surface area contributed by atoms with Crippen LogP contribution in [0.5, 0.6) is 0 Å². The van der Waals surface area contributed by atoms with E-state index in [0.29, 0.717) is 5.69 Å². The Morgan fingerprint density at radius 1 is 1.38 bits per heavy atom. The number of carboxylic acids is 1. The number of carbonyl (C=O) groups is 1. The average molecular weight is 181 g/mol. The molecule has 13 heavy (non-hydrogen) atoms. The van der Waals surface area contributed by atoms with E-state index in [1.165, 1.54) is 0 Å². The van der Waals surface area contributed by atoms with Crippen molar-refractivity contribution in [3.8, 4) is 0 Å². The van der Waals surface area contributed by atoms with Gasteiger partial charge in [0, 0.05) is 18.2 Å². The van der Waals surface area contributed by atoms with Crippen molar-refractivity contribution in [1.82, 2.24) is 4.57 Å². The Kier molecular flexibility index (Phi) is 2.20. The van der Waals surface area contributed by atoms with Crippen molar-refractivity contribution in [2.24, 2.45) is 7.05 Å². The van der Waals surface area contributed by atoms with Crippen LogP contribution in [0.4, 0.5) is 0 Å². The molecule has 0 bridgehead atoms. The maximum Gasteiger partial charge on any atom is 0.352 e. The minimum atomic E-state index is -0.877. The Labute approximate surface area is 78.0 Å². The lowest BCUT2D eigenvalue weighted by atomic mass is 9.92. The van der Waals surface area contributed by atoms with Gasteiger partial charge >= 0.3 is 5.97 Å². The number of aromatic carboxylic acids is 1. The molecule has 72 valence electrons. The maximum absolute atomic E-state index is 10.7. The summed E-state index contributed by atoms with van der Waals surface area (Å²) >= 11 is 0. The molecule has 0 spiro atoms. The summed E-state index contributed by atoms with van der Waals surface area (Å²) in [6.45, 7) is 6.19. The van der Waals surface area contributed by atoms with Gasteiger partial charge in [-0.2, -0.15) is 0 Å². The third-order valence-electron chi connectivity index (χ3n) is 2.11. The molecular formula is C10H15NO2. The molecule has 0 aromatic carbocycles. The standard InChI is InChI=1S/C10H15NO2/c1-10(2,3)8-6-5-7(9(12)13)11(8)4/h5-6H,1-4H3,(H,12,13). The second-order valence-corrected chi connectivity index (χ2v) is 4.22. The molecule has 0 amide bonds. The van der Waals surface area contributed by atoms with Gasteiger partial charge in [-0.3, -0.25) is 0 Å². The third kappa shape index (κ3) is 1.74. The van der Waals surface area contributed by atoms with Gasteiger partial charge in [0.05, 0.1) is 0 Å². The molecule has 1 heterocycles. The van der Waals surface area contributed by atoms with E-state index in [-0.39, 0.29) is 5.41 Å². The van der Waals surface area contributed by atoms with E-state index >= 15 is 0 Å². The molecule has 0 aliphatic rings. The van der Waals surface area contributed by atoms with Crippen LogP contribution in [0, 0.1) is 0 Å². The summed E-state index contributed by atoms with van der Waals surface area (Å²) in [5.41, 5.74) is 1.36. The monoisotopic (exact) mass is 181 g/mol. The summed E-state index contributed by atoms with van der Waals surface area (Å²) in [5, 5.41) is 8.82. The lowest BCUT2D eigenvalue weighted by Gasteiger charge is -2.19. The van der Waals surface area contributed by atoms with E-state index in [9.17, 15) is 4.79 Å². The van der Waals surface area contributed by atoms with E-state index in [0.717, 1.165) is 5.69 Å². The second kappa shape index (κ2) is 2.91. The van der Waals surface area contributed by atoms with Crippen molar-refractivity contribution in [1.29, 1.82) is 0 Å².